The monoisotopic (exact) mass is 1450 g/mol. The van der Waals surface area contributed by atoms with Crippen molar-refractivity contribution in [1.82, 2.24) is 49.4 Å². The van der Waals surface area contributed by atoms with Crippen LogP contribution in [0.3, 0.4) is 0 Å². The zero-order chi connectivity index (χ0) is 74.3. The predicted molar refractivity (Wildman–Crippen MR) is 463 cm³/mol. The van der Waals surface area contributed by atoms with Gasteiger partial charge in [0.25, 0.3) is 0 Å². The van der Waals surface area contributed by atoms with Crippen LogP contribution < -0.4 is 0 Å². The zero-order valence-electron chi connectivity index (χ0n) is 60.3. The topological polar surface area (TPSA) is 121 Å². The van der Waals surface area contributed by atoms with E-state index in [-0.39, 0.29) is 0 Å². The van der Waals surface area contributed by atoms with E-state index in [1.807, 2.05) is 79.3 Å². The molecule has 0 aliphatic carbocycles. The Balaban J connectivity index is 0.000000110. The van der Waals surface area contributed by atoms with Crippen LogP contribution in [0.15, 0.2) is 389 Å². The van der Waals surface area contributed by atoms with Crippen LogP contribution in [0, 0.1) is 0 Å². The van der Waals surface area contributed by atoms with Crippen molar-refractivity contribution in [3.8, 4) is 107 Å². The highest BCUT2D eigenvalue weighted by Crippen LogP contribution is 2.43. The highest BCUT2D eigenvalue weighted by molar-refractivity contribution is 7.26. The molecule has 11 heteroatoms. The van der Waals surface area contributed by atoms with Crippen molar-refractivity contribution in [3.05, 3.63) is 389 Å². The number of hydrogen-bond donors (Lipinski definition) is 0. The van der Waals surface area contributed by atoms with E-state index in [0.717, 1.165) is 133 Å². The van der Waals surface area contributed by atoms with Gasteiger partial charge >= 0.3 is 0 Å². The fraction of sp³-hybridized carbons (Fsp3) is 0. The average Bonchev–Trinajstić information content (AvgIpc) is 1.61. The van der Waals surface area contributed by atoms with Crippen molar-refractivity contribution >= 4 is 108 Å². The second kappa shape index (κ2) is 29.0. The Morgan fingerprint density at radius 2 is 0.696 bits per heavy atom. The van der Waals surface area contributed by atoms with Crippen LogP contribution in [0.5, 0.6) is 0 Å². The van der Waals surface area contributed by atoms with E-state index in [0.29, 0.717) is 0 Å². The van der Waals surface area contributed by atoms with Crippen molar-refractivity contribution in [3.63, 3.8) is 0 Å². The Labute approximate surface area is 648 Å². The molecular weight excluding hydrogens is 1390 g/mol. The van der Waals surface area contributed by atoms with Crippen LogP contribution in [0.4, 0.5) is 0 Å². The van der Waals surface area contributed by atoms with E-state index >= 15 is 0 Å². The lowest BCUT2D eigenvalue weighted by molar-refractivity contribution is 1.10. The standard InChI is InChI=1S/C35H21N3S.C34H22N4.C32H21N3/c1-2-8-23(9-3-1)32-34-33(29-11-4-5-14-30(29)39-34)38-35(37-32)25-17-15-22(16-18-25)26-12-6-13-28-27(26)20-19-24-10-7-21-36-31(24)28;1-4-29(30-11-10-27-3-2-16-37-34(27)31(30)5-1)24-8-6-23(7-9-24)28-21-32(25-12-17-35-18-13-25)38-33(22-28)26-14-19-36-20-15-26;1-2-9-25(10-3-1)35-30-14-5-4-13-29(30)34-32(35)24-17-15-22(16-18-24)26-11-6-12-28-27(26)20-19-23-8-7-21-33-31(23)28/h1-21H;1-22H;1-21H. The number of rotatable bonds is 10. The minimum atomic E-state index is 0.740. The van der Waals surface area contributed by atoms with Gasteiger partial charge in [0.1, 0.15) is 5.82 Å². The van der Waals surface area contributed by atoms with Crippen molar-refractivity contribution in [2.24, 2.45) is 0 Å². The number of para-hydroxylation sites is 3. The summed E-state index contributed by atoms with van der Waals surface area (Å²) in [6.45, 7) is 0. The van der Waals surface area contributed by atoms with E-state index in [1.54, 1.807) is 36.1 Å². The van der Waals surface area contributed by atoms with Crippen molar-refractivity contribution in [2.45, 2.75) is 0 Å². The summed E-state index contributed by atoms with van der Waals surface area (Å²) >= 11 is 1.76. The summed E-state index contributed by atoms with van der Waals surface area (Å²) in [5, 5.41) is 11.8. The quantitative estimate of drug-likeness (QED) is 0.123. The molecule has 0 spiro atoms. The number of pyridine rings is 6. The summed E-state index contributed by atoms with van der Waals surface area (Å²) in [7, 11) is 0. The number of aromatic nitrogens is 10. The van der Waals surface area contributed by atoms with Gasteiger partial charge in [-0.3, -0.25) is 29.5 Å². The molecule has 112 heavy (non-hydrogen) atoms. The predicted octanol–water partition coefficient (Wildman–Crippen LogP) is 25.8. The molecule has 0 radical (unpaired) electrons. The van der Waals surface area contributed by atoms with E-state index in [2.05, 4.69) is 315 Å². The van der Waals surface area contributed by atoms with Gasteiger partial charge in [-0.2, -0.15) is 0 Å². The molecule has 524 valence electrons. The normalized spacial score (nSPS) is 11.4. The fourth-order valence-electron chi connectivity index (χ4n) is 15.5. The minimum absolute atomic E-state index is 0.740. The number of fused-ring (bicyclic) bond motifs is 13. The third-order valence-electron chi connectivity index (χ3n) is 20.9. The summed E-state index contributed by atoms with van der Waals surface area (Å²) < 4.78 is 4.59. The summed E-state index contributed by atoms with van der Waals surface area (Å²) in [5.41, 5.74) is 24.7. The molecule has 0 amide bonds. The molecule has 0 N–H and O–H groups in total. The molecule has 0 bridgehead atoms. The van der Waals surface area contributed by atoms with Gasteiger partial charge in [0.05, 0.1) is 54.9 Å². The molecule has 0 atom stereocenters. The summed E-state index contributed by atoms with van der Waals surface area (Å²) in [6, 6.07) is 121. The Bertz CT molecular complexity index is 7220. The maximum Gasteiger partial charge on any atom is 0.160 e. The maximum absolute atomic E-state index is 5.11. The number of nitrogens with zero attached hydrogens (tertiary/aromatic N) is 10. The minimum Gasteiger partial charge on any atom is -0.292 e. The van der Waals surface area contributed by atoms with Gasteiger partial charge < -0.3 is 0 Å². The molecule has 22 rings (SSSR count). The van der Waals surface area contributed by atoms with Crippen LogP contribution in [0.2, 0.25) is 0 Å². The largest absolute Gasteiger partial charge is 0.292 e. The zero-order valence-corrected chi connectivity index (χ0v) is 61.1. The average molecular weight is 1450 g/mol. The molecule has 22 aromatic rings. The number of thiophene rings is 1. The van der Waals surface area contributed by atoms with Gasteiger partial charge in [-0.25, -0.2) is 19.9 Å². The van der Waals surface area contributed by atoms with Crippen LogP contribution in [0.25, 0.3) is 203 Å². The summed E-state index contributed by atoms with van der Waals surface area (Å²) in [5.74, 6) is 1.68. The van der Waals surface area contributed by atoms with E-state index < -0.39 is 0 Å². The van der Waals surface area contributed by atoms with E-state index in [9.17, 15) is 0 Å². The third kappa shape index (κ3) is 12.5. The molecule has 0 aliphatic heterocycles. The lowest BCUT2D eigenvalue weighted by Crippen LogP contribution is -1.97. The smallest absolute Gasteiger partial charge is 0.160 e. The Kier molecular flexibility index (Phi) is 17.2. The first kappa shape index (κ1) is 66.5. The lowest BCUT2D eigenvalue weighted by atomic mass is 9.94. The van der Waals surface area contributed by atoms with Crippen molar-refractivity contribution in [1.29, 1.82) is 0 Å². The van der Waals surface area contributed by atoms with E-state index in [4.69, 9.17) is 19.9 Å². The molecular formula is C101H64N10S. The lowest BCUT2D eigenvalue weighted by Gasteiger charge is -2.12. The third-order valence-corrected chi connectivity index (χ3v) is 22.1. The first-order valence-electron chi connectivity index (χ1n) is 37.3. The molecule has 10 nitrogen and oxygen atoms in total. The van der Waals surface area contributed by atoms with Gasteiger partial charge in [-0.05, 0) is 146 Å². The highest BCUT2D eigenvalue weighted by Gasteiger charge is 2.20. The van der Waals surface area contributed by atoms with Crippen molar-refractivity contribution in [2.75, 3.05) is 0 Å². The summed E-state index contributed by atoms with van der Waals surface area (Å²) in [6.07, 6.45) is 12.8. The Morgan fingerprint density at radius 1 is 0.250 bits per heavy atom. The SMILES string of the molecule is c1ccc(-c2nc(-c3ccc(-c4cccc5c4ccc4cccnc45)cc3)nc3c2sc2ccccc23)cc1.c1ccc(-n2c(-c3ccc(-c4cccc5c4ccc4cccnc45)cc3)nc3ccccc32)cc1.c1cnc2c(c1)ccc1c(-c3ccc(-c4cc(-c5ccncc5)nc(-c5ccncc5)c4)cc3)cccc12. The van der Waals surface area contributed by atoms with Gasteiger partial charge in [0, 0.05) is 119 Å². The molecule has 0 fully saturated rings. The molecule has 9 heterocycles. The number of benzene rings is 13. The first-order valence-corrected chi connectivity index (χ1v) is 38.1. The molecule has 0 aliphatic rings. The van der Waals surface area contributed by atoms with Gasteiger partial charge in [0.2, 0.25) is 0 Å². The van der Waals surface area contributed by atoms with Crippen LogP contribution in [0.1, 0.15) is 0 Å². The fourth-order valence-corrected chi connectivity index (χ4v) is 16.7. The molecule has 9 aromatic heterocycles. The molecule has 13 aromatic carbocycles. The molecule has 0 saturated carbocycles. The maximum atomic E-state index is 5.11. The van der Waals surface area contributed by atoms with Gasteiger partial charge in [0.15, 0.2) is 5.82 Å². The summed E-state index contributed by atoms with van der Waals surface area (Å²) in [4.78, 5) is 42.5. The Hall–Kier alpha value is -14.9. The van der Waals surface area contributed by atoms with Crippen molar-refractivity contribution < 1.29 is 0 Å². The number of hydrogen-bond acceptors (Lipinski definition) is 10. The first-order chi connectivity index (χ1) is 55.5. The second-order valence-corrected chi connectivity index (χ2v) is 28.6. The van der Waals surface area contributed by atoms with Gasteiger partial charge in [-0.1, -0.05) is 261 Å². The molecule has 0 unspecified atom stereocenters. The van der Waals surface area contributed by atoms with E-state index in [1.165, 1.54) is 70.2 Å². The Morgan fingerprint density at radius 3 is 1.22 bits per heavy atom. The van der Waals surface area contributed by atoms with Gasteiger partial charge in [-0.15, -0.1) is 11.3 Å². The number of imidazole rings is 1. The second-order valence-electron chi connectivity index (χ2n) is 27.6. The van der Waals surface area contributed by atoms with Crippen LogP contribution >= 0.6 is 11.3 Å². The molecule has 0 saturated heterocycles. The van der Waals surface area contributed by atoms with Crippen LogP contribution in [-0.2, 0) is 0 Å². The highest BCUT2D eigenvalue weighted by atomic mass is 32.1. The van der Waals surface area contributed by atoms with Crippen LogP contribution in [-0.4, -0.2) is 49.4 Å².